The molecule has 0 saturated carbocycles. The van der Waals surface area contributed by atoms with Gasteiger partial charge in [0.05, 0.1) is 0 Å². The zero-order chi connectivity index (χ0) is 23.1. The molecule has 2 amide bonds. The second kappa shape index (κ2) is 10.8. The number of ether oxygens (including phenoxy) is 1. The molecular formula is C25H30N2O5. The van der Waals surface area contributed by atoms with Crippen LogP contribution < -0.4 is 10.6 Å². The molecule has 0 fully saturated rings. The Morgan fingerprint density at radius 1 is 1.00 bits per heavy atom. The average molecular weight is 439 g/mol. The van der Waals surface area contributed by atoms with Crippen LogP contribution in [0.5, 0.6) is 0 Å². The number of carboxylic acid groups (broad SMARTS) is 1. The summed E-state index contributed by atoms with van der Waals surface area (Å²) in [5, 5.41) is 14.1. The number of carbonyl (C=O) groups excluding carboxylic acids is 2. The highest BCUT2D eigenvalue weighted by atomic mass is 16.5. The van der Waals surface area contributed by atoms with Crippen molar-refractivity contribution in [1.82, 2.24) is 10.6 Å². The highest BCUT2D eigenvalue weighted by Crippen LogP contribution is 2.44. The van der Waals surface area contributed by atoms with Crippen LogP contribution in [-0.4, -0.2) is 42.3 Å². The first kappa shape index (κ1) is 23.3. The fourth-order valence-corrected chi connectivity index (χ4v) is 4.06. The third-order valence-electron chi connectivity index (χ3n) is 5.53. The van der Waals surface area contributed by atoms with Crippen molar-refractivity contribution in [2.45, 2.75) is 45.1 Å². The molecule has 0 bridgehead atoms. The van der Waals surface area contributed by atoms with Crippen LogP contribution in [0.4, 0.5) is 4.79 Å². The molecule has 3 rings (SSSR count). The summed E-state index contributed by atoms with van der Waals surface area (Å²) in [6.45, 7) is 4.34. The second-order valence-corrected chi connectivity index (χ2v) is 8.44. The number of fused-ring (bicyclic) bond motifs is 3. The first-order chi connectivity index (χ1) is 15.4. The van der Waals surface area contributed by atoms with Gasteiger partial charge in [0, 0.05) is 18.9 Å². The predicted octanol–water partition coefficient (Wildman–Crippen LogP) is 3.92. The predicted molar refractivity (Wildman–Crippen MR) is 121 cm³/mol. The Morgan fingerprint density at radius 2 is 1.59 bits per heavy atom. The van der Waals surface area contributed by atoms with E-state index in [4.69, 9.17) is 9.84 Å². The molecule has 0 saturated heterocycles. The van der Waals surface area contributed by atoms with Crippen LogP contribution >= 0.6 is 0 Å². The van der Waals surface area contributed by atoms with Crippen molar-refractivity contribution < 1.29 is 24.2 Å². The van der Waals surface area contributed by atoms with Crippen molar-refractivity contribution in [1.29, 1.82) is 0 Å². The van der Waals surface area contributed by atoms with Crippen molar-refractivity contribution in [3.63, 3.8) is 0 Å². The quantitative estimate of drug-likeness (QED) is 0.488. The van der Waals surface area contributed by atoms with Gasteiger partial charge in [0.25, 0.3) is 0 Å². The zero-order valence-corrected chi connectivity index (χ0v) is 18.5. The maximum Gasteiger partial charge on any atom is 0.407 e. The van der Waals surface area contributed by atoms with Crippen LogP contribution in [-0.2, 0) is 14.3 Å². The van der Waals surface area contributed by atoms with Gasteiger partial charge in [-0.1, -0.05) is 62.4 Å². The molecule has 1 unspecified atom stereocenters. The van der Waals surface area contributed by atoms with Gasteiger partial charge in [-0.3, -0.25) is 9.59 Å². The topological polar surface area (TPSA) is 105 Å². The number of hydrogen-bond acceptors (Lipinski definition) is 4. The van der Waals surface area contributed by atoms with Gasteiger partial charge >= 0.3 is 12.1 Å². The third-order valence-corrected chi connectivity index (χ3v) is 5.53. The minimum Gasteiger partial charge on any atom is -0.481 e. The molecule has 7 heteroatoms. The lowest BCUT2D eigenvalue weighted by atomic mass is 9.98. The van der Waals surface area contributed by atoms with E-state index in [1.165, 1.54) is 0 Å². The van der Waals surface area contributed by atoms with E-state index in [1.54, 1.807) is 0 Å². The summed E-state index contributed by atoms with van der Waals surface area (Å²) in [4.78, 5) is 35.7. The number of nitrogens with one attached hydrogen (secondary N) is 2. The number of carboxylic acids is 1. The van der Waals surface area contributed by atoms with Gasteiger partial charge in [-0.25, -0.2) is 4.79 Å². The summed E-state index contributed by atoms with van der Waals surface area (Å²) in [6.07, 6.45) is 0.128. The molecule has 0 radical (unpaired) electrons. The van der Waals surface area contributed by atoms with Crippen LogP contribution in [0.15, 0.2) is 48.5 Å². The molecule has 170 valence electrons. The minimum atomic E-state index is -0.908. The minimum absolute atomic E-state index is 0.0189. The van der Waals surface area contributed by atoms with Crippen molar-refractivity contribution in [2.75, 3.05) is 13.2 Å². The Hall–Kier alpha value is -3.35. The molecule has 7 nitrogen and oxygen atoms in total. The van der Waals surface area contributed by atoms with Crippen molar-refractivity contribution in [2.24, 2.45) is 5.92 Å². The first-order valence-electron chi connectivity index (χ1n) is 11.0. The molecule has 3 N–H and O–H groups in total. The summed E-state index contributed by atoms with van der Waals surface area (Å²) in [5.41, 5.74) is 4.54. The number of benzene rings is 2. The van der Waals surface area contributed by atoms with E-state index < -0.39 is 18.1 Å². The monoisotopic (exact) mass is 438 g/mol. The molecule has 1 aliphatic carbocycles. The fraction of sp³-hybridized carbons (Fsp3) is 0.400. The number of rotatable bonds is 10. The number of aliphatic carboxylic acids is 1. The number of hydrogen-bond donors (Lipinski definition) is 3. The van der Waals surface area contributed by atoms with Crippen LogP contribution in [0.2, 0.25) is 0 Å². The Bertz CT molecular complexity index is 927. The second-order valence-electron chi connectivity index (χ2n) is 8.44. The lowest BCUT2D eigenvalue weighted by Gasteiger charge is -2.21. The van der Waals surface area contributed by atoms with E-state index in [2.05, 4.69) is 22.8 Å². The maximum absolute atomic E-state index is 12.5. The molecule has 0 spiro atoms. The van der Waals surface area contributed by atoms with Crippen LogP contribution in [0.1, 0.15) is 50.2 Å². The van der Waals surface area contributed by atoms with E-state index in [-0.39, 0.29) is 37.3 Å². The summed E-state index contributed by atoms with van der Waals surface area (Å²) >= 11 is 0. The Balaban J connectivity index is 1.59. The van der Waals surface area contributed by atoms with Gasteiger partial charge in [0.2, 0.25) is 5.91 Å². The molecule has 0 aliphatic heterocycles. The molecule has 32 heavy (non-hydrogen) atoms. The van der Waals surface area contributed by atoms with Crippen LogP contribution in [0.3, 0.4) is 0 Å². The lowest BCUT2D eigenvalue weighted by molar-refractivity contribution is -0.137. The number of amides is 2. The lowest BCUT2D eigenvalue weighted by Crippen LogP contribution is -2.48. The van der Waals surface area contributed by atoms with Gasteiger partial charge in [-0.05, 0) is 41.0 Å². The molecule has 1 aliphatic rings. The van der Waals surface area contributed by atoms with Gasteiger partial charge in [0.15, 0.2) is 0 Å². The summed E-state index contributed by atoms with van der Waals surface area (Å²) in [6, 6.07) is 15.4. The van der Waals surface area contributed by atoms with E-state index in [0.717, 1.165) is 22.3 Å². The maximum atomic E-state index is 12.5. The van der Waals surface area contributed by atoms with E-state index in [0.29, 0.717) is 12.8 Å². The Kier molecular flexibility index (Phi) is 7.87. The third kappa shape index (κ3) is 5.87. The first-order valence-corrected chi connectivity index (χ1v) is 11.0. The van der Waals surface area contributed by atoms with Crippen molar-refractivity contribution in [3.8, 4) is 11.1 Å². The van der Waals surface area contributed by atoms with E-state index in [1.807, 2.05) is 50.2 Å². The number of carbonyl (C=O) groups is 3. The normalized spacial score (nSPS) is 13.2. The SMILES string of the molecule is CC(C)CC(NC(=O)OCC1c2ccccc2-c2ccccc21)C(=O)NCCCC(=O)O. The van der Waals surface area contributed by atoms with E-state index >= 15 is 0 Å². The van der Waals surface area contributed by atoms with Crippen LogP contribution in [0, 0.1) is 5.92 Å². The molecule has 2 aromatic rings. The highest BCUT2D eigenvalue weighted by molar-refractivity contribution is 5.85. The van der Waals surface area contributed by atoms with Gasteiger partial charge in [-0.15, -0.1) is 0 Å². The fourth-order valence-electron chi connectivity index (χ4n) is 4.06. The van der Waals surface area contributed by atoms with Gasteiger partial charge in [-0.2, -0.15) is 0 Å². The Morgan fingerprint density at radius 3 is 2.16 bits per heavy atom. The molecule has 1 atom stereocenters. The smallest absolute Gasteiger partial charge is 0.407 e. The van der Waals surface area contributed by atoms with Gasteiger partial charge in [0.1, 0.15) is 12.6 Å². The molecule has 2 aromatic carbocycles. The highest BCUT2D eigenvalue weighted by Gasteiger charge is 2.29. The average Bonchev–Trinajstić information content (AvgIpc) is 3.08. The summed E-state index contributed by atoms with van der Waals surface area (Å²) < 4.78 is 5.55. The molecule has 0 heterocycles. The van der Waals surface area contributed by atoms with E-state index in [9.17, 15) is 14.4 Å². The largest absolute Gasteiger partial charge is 0.481 e. The van der Waals surface area contributed by atoms with Crippen molar-refractivity contribution in [3.05, 3.63) is 59.7 Å². The zero-order valence-electron chi connectivity index (χ0n) is 18.5. The Labute approximate surface area is 188 Å². The number of alkyl carbamates (subject to hydrolysis) is 1. The standard InChI is InChI=1S/C25H30N2O5/c1-16(2)14-22(24(30)26-13-7-12-23(28)29)27-25(31)32-15-21-19-10-5-3-8-17(19)18-9-4-6-11-20(18)21/h3-6,8-11,16,21-22H,7,12-15H2,1-2H3,(H,26,30)(H,27,31)(H,28,29). The summed E-state index contributed by atoms with van der Waals surface area (Å²) in [7, 11) is 0. The van der Waals surface area contributed by atoms with Gasteiger partial charge < -0.3 is 20.5 Å². The van der Waals surface area contributed by atoms with Crippen LogP contribution in [0.25, 0.3) is 11.1 Å². The molecular weight excluding hydrogens is 408 g/mol. The van der Waals surface area contributed by atoms with Crippen molar-refractivity contribution >= 4 is 18.0 Å². The summed E-state index contributed by atoms with van der Waals surface area (Å²) in [5.74, 6) is -1.12. The molecule has 0 aromatic heterocycles.